The Morgan fingerprint density at radius 3 is 2.61 bits per heavy atom. The first-order valence-electron chi connectivity index (χ1n) is 10.0. The van der Waals surface area contributed by atoms with Crippen LogP contribution in [-0.2, 0) is 13.0 Å². The van der Waals surface area contributed by atoms with Gasteiger partial charge in [0.2, 0.25) is 5.82 Å². The summed E-state index contributed by atoms with van der Waals surface area (Å²) >= 11 is 1.27. The maximum Gasteiger partial charge on any atom is 0.281 e. The number of fused-ring (bicyclic) bond motifs is 1. The average molecular weight is 430 g/mol. The van der Waals surface area contributed by atoms with Gasteiger partial charge in [-0.3, -0.25) is 9.36 Å². The molecule has 0 aliphatic carbocycles. The number of tetrazole rings is 1. The number of nitrogens with one attached hydrogen (secondary N) is 1. The van der Waals surface area contributed by atoms with Crippen LogP contribution in [0.2, 0.25) is 0 Å². The fourth-order valence-electron chi connectivity index (χ4n) is 3.66. The Labute approximate surface area is 181 Å². The fourth-order valence-corrected chi connectivity index (χ4v) is 4.25. The number of benzene rings is 2. The van der Waals surface area contributed by atoms with Crippen molar-refractivity contribution in [3.63, 3.8) is 0 Å². The second-order valence-corrected chi connectivity index (χ2v) is 7.82. The summed E-state index contributed by atoms with van der Waals surface area (Å²) in [6.45, 7) is 2.55. The van der Waals surface area contributed by atoms with Crippen LogP contribution in [0.1, 0.15) is 24.7 Å². The van der Waals surface area contributed by atoms with E-state index >= 15 is 0 Å². The molecule has 0 unspecified atom stereocenters. The third kappa shape index (κ3) is 3.64. The summed E-state index contributed by atoms with van der Waals surface area (Å²) in [4.78, 5) is 17.7. The molecule has 9 heteroatoms. The van der Waals surface area contributed by atoms with Crippen molar-refractivity contribution >= 4 is 22.6 Å². The van der Waals surface area contributed by atoms with E-state index in [0.717, 1.165) is 40.9 Å². The van der Waals surface area contributed by atoms with Crippen molar-refractivity contribution in [2.24, 2.45) is 0 Å². The minimum absolute atomic E-state index is 0.0822. The Kier molecular flexibility index (Phi) is 5.09. The summed E-state index contributed by atoms with van der Waals surface area (Å²) in [5, 5.41) is 16.2. The van der Waals surface area contributed by atoms with Gasteiger partial charge in [0.25, 0.3) is 5.56 Å². The fraction of sp³-hybridized carbons (Fsp3) is 0.182. The molecule has 0 spiro atoms. The molecule has 0 saturated carbocycles. The molecule has 0 amide bonds. The van der Waals surface area contributed by atoms with Crippen LogP contribution in [-0.4, -0.2) is 34.5 Å². The van der Waals surface area contributed by atoms with Crippen LogP contribution in [0.25, 0.3) is 33.5 Å². The smallest absolute Gasteiger partial charge is 0.281 e. The molecule has 0 fully saturated rings. The number of aromatic nitrogens is 7. The van der Waals surface area contributed by atoms with E-state index in [2.05, 4.69) is 36.9 Å². The summed E-state index contributed by atoms with van der Waals surface area (Å²) < 4.78 is 5.98. The third-order valence-corrected chi connectivity index (χ3v) is 5.77. The van der Waals surface area contributed by atoms with Crippen molar-refractivity contribution in [2.75, 3.05) is 0 Å². The lowest BCUT2D eigenvalue weighted by Gasteiger charge is -2.13. The van der Waals surface area contributed by atoms with E-state index in [1.54, 1.807) is 4.57 Å². The van der Waals surface area contributed by atoms with E-state index < -0.39 is 0 Å². The quantitative estimate of drug-likeness (QED) is 0.442. The maximum absolute atomic E-state index is 13.0. The van der Waals surface area contributed by atoms with Gasteiger partial charge in [-0.15, -0.1) is 10.2 Å². The van der Waals surface area contributed by atoms with Crippen molar-refractivity contribution in [1.82, 2.24) is 34.5 Å². The second kappa shape index (κ2) is 8.19. The van der Waals surface area contributed by atoms with Gasteiger partial charge >= 0.3 is 0 Å². The molecule has 3 aromatic heterocycles. The Morgan fingerprint density at radius 2 is 1.87 bits per heavy atom. The zero-order valence-electron chi connectivity index (χ0n) is 16.8. The number of H-pyrrole nitrogens is 1. The van der Waals surface area contributed by atoms with Crippen LogP contribution in [0.3, 0.4) is 0 Å². The van der Waals surface area contributed by atoms with E-state index in [1.165, 1.54) is 11.5 Å². The number of aromatic amines is 1. The van der Waals surface area contributed by atoms with Crippen LogP contribution < -0.4 is 5.56 Å². The minimum atomic E-state index is -0.0822. The van der Waals surface area contributed by atoms with Crippen LogP contribution in [0.5, 0.6) is 0 Å². The molecule has 0 saturated heterocycles. The Balaban J connectivity index is 1.50. The molecule has 0 atom stereocenters. The van der Waals surface area contributed by atoms with Gasteiger partial charge in [0.1, 0.15) is 11.3 Å². The Bertz CT molecular complexity index is 1390. The second-order valence-electron chi connectivity index (χ2n) is 7.20. The van der Waals surface area contributed by atoms with E-state index in [4.69, 9.17) is 0 Å². The van der Waals surface area contributed by atoms with Crippen LogP contribution in [0.4, 0.5) is 0 Å². The third-order valence-electron chi connectivity index (χ3n) is 5.15. The molecule has 1 N–H and O–H groups in total. The van der Waals surface area contributed by atoms with E-state index in [0.29, 0.717) is 23.4 Å². The molecule has 3 heterocycles. The van der Waals surface area contributed by atoms with Gasteiger partial charge in [-0.25, -0.2) is 4.98 Å². The molecule has 2 aromatic carbocycles. The largest absolute Gasteiger partial charge is 0.290 e. The SMILES string of the molecule is CCCc1nc2csnc2c(=O)n1Cc1ccc(-c2ccccc2-c2nn[nH]n2)cc1. The normalized spacial score (nSPS) is 11.3. The summed E-state index contributed by atoms with van der Waals surface area (Å²) in [5.41, 5.74) is 5.03. The number of rotatable bonds is 6. The molecule has 5 rings (SSSR count). The first-order chi connectivity index (χ1) is 15.2. The van der Waals surface area contributed by atoms with Gasteiger partial charge in [0.15, 0.2) is 5.52 Å². The Hall–Kier alpha value is -3.72. The van der Waals surface area contributed by atoms with E-state index in [9.17, 15) is 4.79 Å². The van der Waals surface area contributed by atoms with E-state index in [1.807, 2.05) is 53.9 Å². The molecule has 0 aliphatic heterocycles. The molecule has 0 bridgehead atoms. The van der Waals surface area contributed by atoms with E-state index in [-0.39, 0.29) is 5.56 Å². The highest BCUT2D eigenvalue weighted by Gasteiger charge is 2.14. The van der Waals surface area contributed by atoms with Crippen molar-refractivity contribution in [3.05, 3.63) is 75.7 Å². The lowest BCUT2D eigenvalue weighted by molar-refractivity contribution is 0.664. The predicted octanol–water partition coefficient (Wildman–Crippen LogP) is 3.70. The lowest BCUT2D eigenvalue weighted by atomic mass is 9.98. The summed E-state index contributed by atoms with van der Waals surface area (Å²) in [6.07, 6.45) is 1.67. The van der Waals surface area contributed by atoms with Crippen molar-refractivity contribution in [3.8, 4) is 22.5 Å². The van der Waals surface area contributed by atoms with Crippen LogP contribution in [0.15, 0.2) is 58.7 Å². The number of nitrogens with zero attached hydrogens (tertiary/aromatic N) is 6. The maximum atomic E-state index is 13.0. The average Bonchev–Trinajstić information content (AvgIpc) is 3.49. The molecular formula is C22H19N7OS. The minimum Gasteiger partial charge on any atom is -0.290 e. The highest BCUT2D eigenvalue weighted by atomic mass is 32.1. The Morgan fingerprint density at radius 1 is 1.06 bits per heavy atom. The number of aryl methyl sites for hydroxylation is 1. The molecule has 0 aliphatic rings. The topological polar surface area (TPSA) is 102 Å². The van der Waals surface area contributed by atoms with Gasteiger partial charge in [0.05, 0.1) is 6.54 Å². The van der Waals surface area contributed by atoms with Gasteiger partial charge in [0, 0.05) is 17.4 Å². The summed E-state index contributed by atoms with van der Waals surface area (Å²) in [5.74, 6) is 1.35. The molecule has 5 aromatic rings. The van der Waals surface area contributed by atoms with Crippen molar-refractivity contribution < 1.29 is 0 Å². The number of hydrogen-bond acceptors (Lipinski definition) is 7. The molecule has 0 radical (unpaired) electrons. The summed E-state index contributed by atoms with van der Waals surface area (Å²) in [7, 11) is 0. The zero-order chi connectivity index (χ0) is 21.2. The highest BCUT2D eigenvalue weighted by molar-refractivity contribution is 7.04. The van der Waals surface area contributed by atoms with Gasteiger partial charge in [-0.1, -0.05) is 55.5 Å². The molecule has 8 nitrogen and oxygen atoms in total. The molecule has 154 valence electrons. The standard InChI is InChI=1S/C22H19N7OS/c1-2-5-19-23-18-13-31-26-20(18)22(30)29(19)12-14-8-10-15(11-9-14)16-6-3-4-7-17(16)21-24-27-28-25-21/h3-4,6-11,13H,2,5,12H2,1H3,(H,24,25,27,28). The first kappa shape index (κ1) is 19.3. The zero-order valence-corrected chi connectivity index (χ0v) is 17.6. The van der Waals surface area contributed by atoms with Gasteiger partial charge in [-0.2, -0.15) is 9.59 Å². The monoisotopic (exact) mass is 429 g/mol. The van der Waals surface area contributed by atoms with Crippen molar-refractivity contribution in [2.45, 2.75) is 26.3 Å². The molecule has 31 heavy (non-hydrogen) atoms. The van der Waals surface area contributed by atoms with Crippen LogP contribution in [0, 0.1) is 0 Å². The van der Waals surface area contributed by atoms with Gasteiger partial charge < -0.3 is 0 Å². The van der Waals surface area contributed by atoms with Gasteiger partial charge in [-0.05, 0) is 39.9 Å². The predicted molar refractivity (Wildman–Crippen MR) is 120 cm³/mol. The summed E-state index contributed by atoms with van der Waals surface area (Å²) in [6, 6.07) is 16.1. The van der Waals surface area contributed by atoms with Crippen LogP contribution >= 0.6 is 11.5 Å². The highest BCUT2D eigenvalue weighted by Crippen LogP contribution is 2.29. The molecular weight excluding hydrogens is 410 g/mol. The first-order valence-corrected chi connectivity index (χ1v) is 10.8. The number of hydrogen-bond donors (Lipinski definition) is 1. The van der Waals surface area contributed by atoms with Crippen molar-refractivity contribution in [1.29, 1.82) is 0 Å². The lowest BCUT2D eigenvalue weighted by Crippen LogP contribution is -2.26.